The molecule has 0 saturated heterocycles. The summed E-state index contributed by atoms with van der Waals surface area (Å²) in [5, 5.41) is 5.90. The van der Waals surface area contributed by atoms with E-state index in [2.05, 4.69) is 15.6 Å². The summed E-state index contributed by atoms with van der Waals surface area (Å²) in [6, 6.07) is 7.75. The van der Waals surface area contributed by atoms with Crippen molar-refractivity contribution < 1.29 is 9.21 Å². The van der Waals surface area contributed by atoms with Crippen LogP contribution in [-0.4, -0.2) is 23.5 Å². The van der Waals surface area contributed by atoms with Crippen molar-refractivity contribution in [2.24, 2.45) is 0 Å². The van der Waals surface area contributed by atoms with Gasteiger partial charge in [0.1, 0.15) is 0 Å². The first-order valence-corrected chi connectivity index (χ1v) is 6.17. The highest BCUT2D eigenvalue weighted by Gasteiger charge is 2.06. The van der Waals surface area contributed by atoms with Crippen LogP contribution in [-0.2, 0) is 4.79 Å². The number of nitrogens with one attached hydrogen (secondary N) is 2. The number of carbonyl (C=O) groups excluding carboxylic acids is 1. The third-order valence-corrected chi connectivity index (χ3v) is 2.53. The van der Waals surface area contributed by atoms with Crippen LogP contribution < -0.4 is 10.6 Å². The molecule has 0 atom stereocenters. The van der Waals surface area contributed by atoms with Crippen LogP contribution in [0.1, 0.15) is 13.8 Å². The van der Waals surface area contributed by atoms with Gasteiger partial charge in [-0.15, -0.1) is 0 Å². The van der Waals surface area contributed by atoms with Gasteiger partial charge in [-0.1, -0.05) is 26.0 Å². The summed E-state index contributed by atoms with van der Waals surface area (Å²) >= 11 is 0. The van der Waals surface area contributed by atoms with E-state index in [1.807, 2.05) is 38.1 Å². The second-order valence-electron chi connectivity index (χ2n) is 4.53. The van der Waals surface area contributed by atoms with E-state index in [1.54, 1.807) is 6.20 Å². The standard InChI is InChI=1S/C14H17N3O2/c1-10(2)16-8-14(18)17-12-5-3-4-11(6-12)13-7-15-9-19-13/h3-7,9-10,16H,8H2,1-2H3,(H,17,18). The van der Waals surface area contributed by atoms with Gasteiger partial charge in [-0.05, 0) is 12.1 Å². The quantitative estimate of drug-likeness (QED) is 0.864. The lowest BCUT2D eigenvalue weighted by atomic mass is 10.1. The minimum Gasteiger partial charge on any atom is -0.444 e. The Morgan fingerprint density at radius 3 is 2.95 bits per heavy atom. The molecule has 2 aromatic rings. The topological polar surface area (TPSA) is 67.2 Å². The van der Waals surface area contributed by atoms with Crippen molar-refractivity contribution in [3.8, 4) is 11.3 Å². The largest absolute Gasteiger partial charge is 0.444 e. The zero-order valence-corrected chi connectivity index (χ0v) is 11.0. The average Bonchev–Trinajstić information content (AvgIpc) is 2.90. The summed E-state index contributed by atoms with van der Waals surface area (Å²) in [5.74, 6) is 0.611. The molecule has 19 heavy (non-hydrogen) atoms. The molecule has 1 aromatic carbocycles. The lowest BCUT2D eigenvalue weighted by Crippen LogP contribution is -2.32. The van der Waals surface area contributed by atoms with Crippen molar-refractivity contribution in [3.63, 3.8) is 0 Å². The van der Waals surface area contributed by atoms with E-state index < -0.39 is 0 Å². The molecule has 2 rings (SSSR count). The Hall–Kier alpha value is -2.14. The predicted molar refractivity (Wildman–Crippen MR) is 73.7 cm³/mol. The number of benzene rings is 1. The Morgan fingerprint density at radius 2 is 2.26 bits per heavy atom. The third kappa shape index (κ3) is 3.93. The third-order valence-electron chi connectivity index (χ3n) is 2.53. The maximum Gasteiger partial charge on any atom is 0.238 e. The van der Waals surface area contributed by atoms with Crippen molar-refractivity contribution >= 4 is 11.6 Å². The Bertz CT molecular complexity index is 535. The summed E-state index contributed by atoms with van der Waals surface area (Å²) in [5.41, 5.74) is 1.62. The van der Waals surface area contributed by atoms with Crippen LogP contribution in [0.3, 0.4) is 0 Å². The average molecular weight is 259 g/mol. The number of nitrogens with zero attached hydrogens (tertiary/aromatic N) is 1. The van der Waals surface area contributed by atoms with E-state index in [4.69, 9.17) is 4.42 Å². The number of oxazole rings is 1. The molecule has 0 bridgehead atoms. The lowest BCUT2D eigenvalue weighted by molar-refractivity contribution is -0.115. The fraction of sp³-hybridized carbons (Fsp3) is 0.286. The number of hydrogen-bond donors (Lipinski definition) is 2. The summed E-state index contributed by atoms with van der Waals surface area (Å²) in [6.45, 7) is 4.29. The maximum absolute atomic E-state index is 11.7. The van der Waals surface area contributed by atoms with Crippen LogP contribution in [0.15, 0.2) is 41.3 Å². The zero-order chi connectivity index (χ0) is 13.7. The summed E-state index contributed by atoms with van der Waals surface area (Å²) in [4.78, 5) is 15.6. The van der Waals surface area contributed by atoms with Gasteiger partial charge in [-0.3, -0.25) is 4.79 Å². The molecule has 1 heterocycles. The molecule has 0 fully saturated rings. The smallest absolute Gasteiger partial charge is 0.238 e. The predicted octanol–water partition coefficient (Wildman–Crippen LogP) is 2.28. The lowest BCUT2D eigenvalue weighted by Gasteiger charge is -2.09. The Balaban J connectivity index is 2.01. The molecule has 0 radical (unpaired) electrons. The Labute approximate surface area is 112 Å². The van der Waals surface area contributed by atoms with E-state index in [9.17, 15) is 4.79 Å². The van der Waals surface area contributed by atoms with E-state index in [1.165, 1.54) is 6.39 Å². The zero-order valence-electron chi connectivity index (χ0n) is 11.0. The van der Waals surface area contributed by atoms with Gasteiger partial charge in [0, 0.05) is 17.3 Å². The number of anilines is 1. The van der Waals surface area contributed by atoms with Crippen molar-refractivity contribution in [2.75, 3.05) is 11.9 Å². The van der Waals surface area contributed by atoms with Gasteiger partial charge in [0.2, 0.25) is 5.91 Å². The number of aromatic nitrogens is 1. The van der Waals surface area contributed by atoms with E-state index >= 15 is 0 Å². The van der Waals surface area contributed by atoms with Crippen molar-refractivity contribution in [3.05, 3.63) is 36.9 Å². The van der Waals surface area contributed by atoms with Crippen LogP contribution in [0.4, 0.5) is 5.69 Å². The molecule has 5 heteroatoms. The summed E-state index contributed by atoms with van der Waals surface area (Å²) in [6.07, 6.45) is 3.02. The molecule has 2 N–H and O–H groups in total. The van der Waals surface area contributed by atoms with Gasteiger partial charge < -0.3 is 15.1 Å². The molecular formula is C14H17N3O2. The molecule has 100 valence electrons. The van der Waals surface area contributed by atoms with Gasteiger partial charge >= 0.3 is 0 Å². The molecule has 5 nitrogen and oxygen atoms in total. The highest BCUT2D eigenvalue weighted by atomic mass is 16.3. The minimum atomic E-state index is -0.0663. The number of rotatable bonds is 5. The molecule has 0 aliphatic carbocycles. The number of hydrogen-bond acceptors (Lipinski definition) is 4. The molecule has 1 amide bonds. The SMILES string of the molecule is CC(C)NCC(=O)Nc1cccc(-c2cnco2)c1. The van der Waals surface area contributed by atoms with Gasteiger partial charge in [-0.2, -0.15) is 0 Å². The van der Waals surface area contributed by atoms with Crippen LogP contribution in [0.5, 0.6) is 0 Å². The Morgan fingerprint density at radius 1 is 1.42 bits per heavy atom. The van der Waals surface area contributed by atoms with E-state index in [0.29, 0.717) is 12.3 Å². The van der Waals surface area contributed by atoms with Crippen molar-refractivity contribution in [1.29, 1.82) is 0 Å². The van der Waals surface area contributed by atoms with Gasteiger partial charge in [0.05, 0.1) is 12.7 Å². The number of amides is 1. The normalized spacial score (nSPS) is 10.7. The second-order valence-corrected chi connectivity index (χ2v) is 4.53. The maximum atomic E-state index is 11.7. The van der Waals surface area contributed by atoms with Crippen molar-refractivity contribution in [2.45, 2.75) is 19.9 Å². The fourth-order valence-electron chi connectivity index (χ4n) is 1.61. The van der Waals surface area contributed by atoms with Gasteiger partial charge in [-0.25, -0.2) is 4.98 Å². The molecule has 0 spiro atoms. The highest BCUT2D eigenvalue weighted by Crippen LogP contribution is 2.21. The van der Waals surface area contributed by atoms with Crippen LogP contribution in [0, 0.1) is 0 Å². The van der Waals surface area contributed by atoms with Gasteiger partial charge in [0.25, 0.3) is 0 Å². The summed E-state index contributed by atoms with van der Waals surface area (Å²) in [7, 11) is 0. The highest BCUT2D eigenvalue weighted by molar-refractivity contribution is 5.92. The first-order valence-electron chi connectivity index (χ1n) is 6.17. The molecular weight excluding hydrogens is 242 g/mol. The molecule has 1 aromatic heterocycles. The van der Waals surface area contributed by atoms with E-state index in [-0.39, 0.29) is 11.9 Å². The molecule has 0 saturated carbocycles. The first kappa shape index (κ1) is 13.3. The molecule has 0 unspecified atom stereocenters. The second kappa shape index (κ2) is 6.15. The summed E-state index contributed by atoms with van der Waals surface area (Å²) < 4.78 is 5.22. The first-order chi connectivity index (χ1) is 9.15. The number of carbonyl (C=O) groups is 1. The fourth-order valence-corrected chi connectivity index (χ4v) is 1.61. The van der Waals surface area contributed by atoms with Crippen LogP contribution in [0.25, 0.3) is 11.3 Å². The Kier molecular flexibility index (Phi) is 4.30. The molecule has 0 aliphatic rings. The van der Waals surface area contributed by atoms with Crippen LogP contribution in [0.2, 0.25) is 0 Å². The van der Waals surface area contributed by atoms with Crippen LogP contribution >= 0.6 is 0 Å². The monoisotopic (exact) mass is 259 g/mol. The van der Waals surface area contributed by atoms with Gasteiger partial charge in [0.15, 0.2) is 12.2 Å². The molecule has 0 aliphatic heterocycles. The van der Waals surface area contributed by atoms with Crippen molar-refractivity contribution in [1.82, 2.24) is 10.3 Å². The van der Waals surface area contributed by atoms with E-state index in [0.717, 1.165) is 11.3 Å². The minimum absolute atomic E-state index is 0.0663.